The lowest BCUT2D eigenvalue weighted by atomic mass is 9.90. The number of ether oxygens (including phenoxy) is 3. The Kier molecular flexibility index (Phi) is 32.1. The van der Waals surface area contributed by atoms with Gasteiger partial charge in [-0.25, -0.2) is 0 Å². The molecule has 4 unspecified atom stereocenters. The summed E-state index contributed by atoms with van der Waals surface area (Å²) in [5, 5.41) is 2.25. The molecule has 0 radical (unpaired) electrons. The third-order valence-corrected chi connectivity index (χ3v) is 19.2. The minimum atomic E-state index is -4.94. The van der Waals surface area contributed by atoms with Crippen LogP contribution in [0.3, 0.4) is 0 Å². The van der Waals surface area contributed by atoms with Crippen molar-refractivity contribution in [2.24, 2.45) is 0 Å². The highest BCUT2D eigenvalue weighted by Crippen LogP contribution is 2.33. The van der Waals surface area contributed by atoms with Crippen molar-refractivity contribution in [2.45, 2.75) is 143 Å². The summed E-state index contributed by atoms with van der Waals surface area (Å²) in [6, 6.07) is 73.8. The van der Waals surface area contributed by atoms with Crippen LogP contribution in [0.5, 0.6) is 17.2 Å². The minimum absolute atomic E-state index is 0.0321. The Balaban J connectivity index is 0.000000217. The van der Waals surface area contributed by atoms with E-state index in [1.54, 1.807) is 39.8 Å². The second-order valence-electron chi connectivity index (χ2n) is 27.8. The van der Waals surface area contributed by atoms with E-state index in [-0.39, 0.29) is 23.2 Å². The Hall–Kier alpha value is -8.07. The molecule has 0 heterocycles. The van der Waals surface area contributed by atoms with Crippen molar-refractivity contribution in [3.63, 3.8) is 0 Å². The molecular formula is C88H101Cl3F3N3O6. The number of hydrogen-bond acceptors (Lipinski definition) is 9. The summed E-state index contributed by atoms with van der Waals surface area (Å²) in [7, 11) is 6.49. The topological polar surface area (TPSA) is 88.6 Å². The SMILES string of the molecule is CC(=O)C(C)Oc1ccc(CCCN(C)CC(c2ccc(C)cc2)c2ccc(Cl)cc2)cc1.CC(=O)[C@@H](C)Oc1ccc(CCCN(C)CC(c2ccc(C)cc2)c2ccc(Cl)cc2)cc1.Cc1ccc(C(CN(C)CCCc2ccc(OC(C)(C)C(=O)C(F)(F)F)cc2)c2ccc(Cl)cc2)cc1. The number of Topliss-reactive ketones (excluding diaryl/α,β-unsaturated/α-hetero) is 3. The maximum Gasteiger partial charge on any atom is 0.454 e. The van der Waals surface area contributed by atoms with E-state index in [0.29, 0.717) is 16.9 Å². The molecule has 15 heteroatoms. The van der Waals surface area contributed by atoms with Crippen molar-refractivity contribution in [3.05, 3.63) is 300 Å². The van der Waals surface area contributed by atoms with Crippen LogP contribution in [0.1, 0.15) is 145 Å². The van der Waals surface area contributed by atoms with Gasteiger partial charge in [0.15, 0.2) is 29.4 Å². The average molecular weight is 1460 g/mol. The molecule has 546 valence electrons. The van der Waals surface area contributed by atoms with E-state index in [1.165, 1.54) is 61.2 Å². The first-order chi connectivity index (χ1) is 49.0. The van der Waals surface area contributed by atoms with Crippen LogP contribution in [-0.2, 0) is 33.6 Å². The lowest BCUT2D eigenvalue weighted by Gasteiger charge is -2.26. The second kappa shape index (κ2) is 40.3. The molecule has 5 atom stereocenters. The van der Waals surface area contributed by atoms with Gasteiger partial charge < -0.3 is 28.9 Å². The Bertz CT molecular complexity index is 3720. The van der Waals surface area contributed by atoms with Gasteiger partial charge in [-0.3, -0.25) is 14.4 Å². The molecule has 0 spiro atoms. The number of ketones is 3. The van der Waals surface area contributed by atoms with Gasteiger partial charge in [-0.1, -0.05) is 197 Å². The number of benzene rings is 9. The Morgan fingerprint density at radius 2 is 0.612 bits per heavy atom. The summed E-state index contributed by atoms with van der Waals surface area (Å²) in [4.78, 5) is 41.5. The largest absolute Gasteiger partial charge is 0.483 e. The lowest BCUT2D eigenvalue weighted by Crippen LogP contribution is -2.46. The third kappa shape index (κ3) is 27.8. The zero-order valence-electron chi connectivity index (χ0n) is 61.7. The standard InChI is InChI=1S/C30H33ClF3NO2.2C29H34ClNO2/c1-21-7-11-23(12-8-21)27(24-13-15-25(31)16-14-24)20-35(4)19-5-6-22-9-17-26(18-10-22)37-29(2,3)28(36)30(32,33)34;2*1-21-7-11-25(12-8-21)29(26-13-15-27(30)16-14-26)20-31(4)19-5-6-24-9-17-28(18-10-24)33-23(3)22(2)32/h7-18,27H,5-6,19-20H2,1-4H3;2*7-18,23,29H,5-6,19-20H2,1-4H3/t;23-,29?;/m.1./s1. The number of carbonyl (C=O) groups excluding carboxylic acids is 3. The molecule has 0 amide bonds. The molecule has 0 aliphatic heterocycles. The summed E-state index contributed by atoms with van der Waals surface area (Å²) in [5.74, 6) is 0.670. The fraction of sp³-hybridized carbons (Fsp3) is 0.352. The molecule has 9 nitrogen and oxygen atoms in total. The molecule has 9 aromatic carbocycles. The fourth-order valence-electron chi connectivity index (χ4n) is 12.0. The van der Waals surface area contributed by atoms with Gasteiger partial charge in [-0.05, 0) is 264 Å². The first kappa shape index (κ1) is 82.2. The van der Waals surface area contributed by atoms with Crippen LogP contribution < -0.4 is 14.2 Å². The monoisotopic (exact) mass is 1460 g/mol. The predicted octanol–water partition coefficient (Wildman–Crippen LogP) is 21.0. The van der Waals surface area contributed by atoms with E-state index in [1.807, 2.05) is 72.8 Å². The van der Waals surface area contributed by atoms with Gasteiger partial charge >= 0.3 is 6.18 Å². The Morgan fingerprint density at radius 1 is 0.379 bits per heavy atom. The van der Waals surface area contributed by atoms with Crippen LogP contribution in [0.2, 0.25) is 15.1 Å². The van der Waals surface area contributed by atoms with Crippen molar-refractivity contribution in [2.75, 3.05) is 60.4 Å². The van der Waals surface area contributed by atoms with Crippen LogP contribution in [0, 0.1) is 20.8 Å². The van der Waals surface area contributed by atoms with Gasteiger partial charge in [0.25, 0.3) is 5.78 Å². The molecule has 0 saturated carbocycles. The van der Waals surface area contributed by atoms with Gasteiger partial charge in [-0.15, -0.1) is 0 Å². The molecule has 0 N–H and O–H groups in total. The number of likely N-dealkylation sites (N-methyl/N-ethyl adjacent to an activating group) is 3. The number of carbonyl (C=O) groups is 3. The van der Waals surface area contributed by atoms with Crippen molar-refractivity contribution in [1.29, 1.82) is 0 Å². The summed E-state index contributed by atoms with van der Waals surface area (Å²) in [6.07, 6.45) is 0.108. The smallest absolute Gasteiger partial charge is 0.454 e. The molecule has 0 fully saturated rings. The quantitative estimate of drug-likeness (QED) is 0.0399. The van der Waals surface area contributed by atoms with E-state index in [4.69, 9.17) is 49.0 Å². The Labute approximate surface area is 625 Å². The first-order valence-corrected chi connectivity index (χ1v) is 36.5. The normalized spacial score (nSPS) is 13.0. The van der Waals surface area contributed by atoms with Crippen LogP contribution in [0.4, 0.5) is 13.2 Å². The van der Waals surface area contributed by atoms with E-state index in [0.717, 1.165) is 119 Å². The number of halogens is 6. The number of nitrogens with zero attached hydrogens (tertiary/aromatic N) is 3. The molecule has 0 bridgehead atoms. The first-order valence-electron chi connectivity index (χ1n) is 35.4. The average Bonchev–Trinajstić information content (AvgIpc) is 0.828. The van der Waals surface area contributed by atoms with Gasteiger partial charge in [0.2, 0.25) is 0 Å². The highest BCUT2D eigenvalue weighted by molar-refractivity contribution is 6.31. The highest BCUT2D eigenvalue weighted by atomic mass is 35.5. The third-order valence-electron chi connectivity index (χ3n) is 18.5. The lowest BCUT2D eigenvalue weighted by molar-refractivity contribution is -0.184. The Morgan fingerprint density at radius 3 is 0.845 bits per heavy atom. The van der Waals surface area contributed by atoms with Crippen LogP contribution >= 0.6 is 34.8 Å². The fourth-order valence-corrected chi connectivity index (χ4v) is 12.4. The van der Waals surface area contributed by atoms with Crippen molar-refractivity contribution >= 4 is 52.2 Å². The van der Waals surface area contributed by atoms with Gasteiger partial charge in [-0.2, -0.15) is 13.2 Å². The second-order valence-corrected chi connectivity index (χ2v) is 29.1. The maximum absolute atomic E-state index is 12.8. The van der Waals surface area contributed by atoms with Crippen LogP contribution in [-0.4, -0.2) is 116 Å². The maximum atomic E-state index is 12.8. The van der Waals surface area contributed by atoms with Crippen molar-refractivity contribution in [1.82, 2.24) is 14.7 Å². The van der Waals surface area contributed by atoms with Gasteiger partial charge in [0.1, 0.15) is 17.2 Å². The molecular weight excluding hydrogens is 1360 g/mol. The summed E-state index contributed by atoms with van der Waals surface area (Å²) >= 11 is 18.4. The number of hydrogen-bond donors (Lipinski definition) is 0. The van der Waals surface area contributed by atoms with Crippen molar-refractivity contribution < 1.29 is 41.8 Å². The zero-order chi connectivity index (χ0) is 74.8. The minimum Gasteiger partial charge on any atom is -0.483 e. The highest BCUT2D eigenvalue weighted by Gasteiger charge is 2.49. The van der Waals surface area contributed by atoms with E-state index < -0.39 is 29.8 Å². The molecule has 0 aliphatic rings. The summed E-state index contributed by atoms with van der Waals surface area (Å²) < 4.78 is 55.0. The number of rotatable bonds is 33. The van der Waals surface area contributed by atoms with E-state index >= 15 is 0 Å². The molecule has 0 aliphatic carbocycles. The summed E-state index contributed by atoms with van der Waals surface area (Å²) in [5.41, 5.74) is 13.1. The molecule has 9 aromatic rings. The molecule has 0 aromatic heterocycles. The van der Waals surface area contributed by atoms with Crippen molar-refractivity contribution in [3.8, 4) is 17.2 Å². The van der Waals surface area contributed by atoms with Crippen LogP contribution in [0.15, 0.2) is 218 Å². The number of alkyl halides is 3. The van der Waals surface area contributed by atoms with E-state index in [2.05, 4.69) is 190 Å². The van der Waals surface area contributed by atoms with E-state index in [9.17, 15) is 27.6 Å². The molecule has 103 heavy (non-hydrogen) atoms. The van der Waals surface area contributed by atoms with Gasteiger partial charge in [0, 0.05) is 52.5 Å². The predicted molar refractivity (Wildman–Crippen MR) is 418 cm³/mol. The van der Waals surface area contributed by atoms with Crippen LogP contribution in [0.25, 0.3) is 0 Å². The molecule has 0 saturated heterocycles. The molecule has 9 rings (SSSR count). The zero-order valence-corrected chi connectivity index (χ0v) is 64.0. The summed E-state index contributed by atoms with van der Waals surface area (Å²) in [6.45, 7) is 20.9. The number of aryl methyl sites for hydroxylation is 6. The van der Waals surface area contributed by atoms with Gasteiger partial charge in [0.05, 0.1) is 0 Å².